The van der Waals surface area contributed by atoms with Gasteiger partial charge in [0.2, 0.25) is 0 Å². The highest BCUT2D eigenvalue weighted by molar-refractivity contribution is 7.91. The summed E-state index contributed by atoms with van der Waals surface area (Å²) in [7, 11) is -1.79. The second-order valence-corrected chi connectivity index (χ2v) is 8.77. The minimum atomic E-state index is -3.17. The monoisotopic (exact) mass is 401 g/mol. The Morgan fingerprint density at radius 2 is 2.07 bits per heavy atom. The Bertz CT molecular complexity index is 810. The Hall–Kier alpha value is -2.16. The minimum Gasteiger partial charge on any atom is -0.497 e. The average Bonchev–Trinajstić information content (AvgIpc) is 2.98. The molecule has 9 heteroatoms. The number of esters is 1. The van der Waals surface area contributed by atoms with Gasteiger partial charge in [0, 0.05) is 18.2 Å². The van der Waals surface area contributed by atoms with Gasteiger partial charge >= 0.3 is 5.97 Å². The van der Waals surface area contributed by atoms with Crippen LogP contribution in [-0.4, -0.2) is 62.5 Å². The molecule has 0 spiro atoms. The molecule has 1 aliphatic rings. The van der Waals surface area contributed by atoms with Gasteiger partial charge in [-0.15, -0.1) is 0 Å². The van der Waals surface area contributed by atoms with Crippen LogP contribution in [0.15, 0.2) is 18.2 Å². The van der Waals surface area contributed by atoms with Crippen LogP contribution in [0.5, 0.6) is 5.75 Å². The van der Waals surface area contributed by atoms with E-state index in [1.54, 1.807) is 0 Å². The van der Waals surface area contributed by atoms with Crippen molar-refractivity contribution < 1.29 is 31.9 Å². The second kappa shape index (κ2) is 8.69. The summed E-state index contributed by atoms with van der Waals surface area (Å²) >= 11 is 0. The van der Waals surface area contributed by atoms with Crippen LogP contribution < -0.4 is 4.74 Å². The molecule has 1 aliphatic heterocycles. The molecular formula is C18H24FNO6S. The number of halogens is 1. The van der Waals surface area contributed by atoms with Crippen molar-refractivity contribution in [3.05, 3.63) is 29.6 Å². The van der Waals surface area contributed by atoms with Crippen LogP contribution in [0.1, 0.15) is 37.0 Å². The molecule has 1 heterocycles. The molecule has 1 fully saturated rings. The maximum Gasteiger partial charge on any atom is 0.341 e. The molecule has 2 atom stereocenters. The largest absolute Gasteiger partial charge is 0.497 e. The predicted molar refractivity (Wildman–Crippen MR) is 96.9 cm³/mol. The fourth-order valence-corrected chi connectivity index (χ4v) is 4.78. The highest BCUT2D eigenvalue weighted by atomic mass is 32.2. The second-order valence-electron chi connectivity index (χ2n) is 6.54. The molecule has 0 aromatic heterocycles. The van der Waals surface area contributed by atoms with Gasteiger partial charge in [0.15, 0.2) is 16.4 Å². The highest BCUT2D eigenvalue weighted by Gasteiger charge is 2.36. The number of hydrogen-bond donors (Lipinski definition) is 0. The van der Waals surface area contributed by atoms with Crippen LogP contribution in [-0.2, 0) is 19.4 Å². The first kappa shape index (κ1) is 21.1. The normalized spacial score (nSPS) is 19.3. The number of carbonyl (C=O) groups excluding carboxylic acids is 2. The van der Waals surface area contributed by atoms with Crippen molar-refractivity contribution in [3.8, 4) is 5.75 Å². The molecule has 1 aromatic carbocycles. The third-order valence-corrected chi connectivity index (χ3v) is 6.43. The van der Waals surface area contributed by atoms with Crippen LogP contribution in [0.2, 0.25) is 0 Å². The summed E-state index contributed by atoms with van der Waals surface area (Å²) in [6.45, 7) is 3.12. The minimum absolute atomic E-state index is 0.0364. The maximum absolute atomic E-state index is 13.9. The van der Waals surface area contributed by atoms with E-state index in [1.807, 2.05) is 13.8 Å². The van der Waals surface area contributed by atoms with E-state index in [1.165, 1.54) is 24.1 Å². The molecule has 0 saturated carbocycles. The lowest BCUT2D eigenvalue weighted by Gasteiger charge is -2.33. The smallest absolute Gasteiger partial charge is 0.341 e. The molecule has 150 valence electrons. The van der Waals surface area contributed by atoms with Crippen LogP contribution in [0.3, 0.4) is 0 Å². The molecular weight excluding hydrogens is 377 g/mol. The molecule has 0 N–H and O–H groups in total. The number of carbonyl (C=O) groups is 2. The summed E-state index contributed by atoms with van der Waals surface area (Å²) in [5.74, 6) is -2.07. The van der Waals surface area contributed by atoms with E-state index < -0.39 is 40.2 Å². The van der Waals surface area contributed by atoms with E-state index in [0.29, 0.717) is 12.8 Å². The van der Waals surface area contributed by atoms with Gasteiger partial charge in [-0.2, -0.15) is 0 Å². The number of ether oxygens (including phenoxy) is 2. The molecule has 27 heavy (non-hydrogen) atoms. The van der Waals surface area contributed by atoms with E-state index >= 15 is 0 Å². The van der Waals surface area contributed by atoms with Crippen molar-refractivity contribution in [2.75, 3.05) is 25.2 Å². The third kappa shape index (κ3) is 5.18. The summed E-state index contributed by atoms with van der Waals surface area (Å²) in [5, 5.41) is 0. The Kier molecular flexibility index (Phi) is 6.80. The van der Waals surface area contributed by atoms with Gasteiger partial charge in [0.1, 0.15) is 11.6 Å². The zero-order chi connectivity index (χ0) is 20.2. The summed E-state index contributed by atoms with van der Waals surface area (Å²) in [6.07, 6.45) is 0.989. The Morgan fingerprint density at radius 1 is 1.37 bits per heavy atom. The van der Waals surface area contributed by atoms with E-state index in [0.717, 1.165) is 6.07 Å². The number of nitrogens with zero attached hydrogens (tertiary/aromatic N) is 1. The molecule has 0 unspecified atom stereocenters. The lowest BCUT2D eigenvalue weighted by Crippen LogP contribution is -2.48. The zero-order valence-electron chi connectivity index (χ0n) is 15.6. The first-order valence-corrected chi connectivity index (χ1v) is 10.5. The SMILES string of the molecule is CC[C@@H](C)N(C(=O)COC(=O)c1ccc(OC)cc1F)[C@H]1CCS(=O)(=O)C1. The molecule has 0 radical (unpaired) electrons. The lowest BCUT2D eigenvalue weighted by molar-refractivity contribution is -0.138. The van der Waals surface area contributed by atoms with Crippen molar-refractivity contribution in [2.24, 2.45) is 0 Å². The van der Waals surface area contributed by atoms with Crippen LogP contribution in [0, 0.1) is 5.82 Å². The molecule has 7 nitrogen and oxygen atoms in total. The molecule has 1 saturated heterocycles. The molecule has 0 aliphatic carbocycles. The fraction of sp³-hybridized carbons (Fsp3) is 0.556. The number of methoxy groups -OCH3 is 1. The van der Waals surface area contributed by atoms with E-state index in [-0.39, 0.29) is 28.9 Å². The first-order valence-electron chi connectivity index (χ1n) is 8.70. The van der Waals surface area contributed by atoms with Crippen LogP contribution >= 0.6 is 0 Å². The van der Waals surface area contributed by atoms with Gasteiger partial charge in [-0.3, -0.25) is 4.79 Å². The molecule has 1 amide bonds. The Morgan fingerprint density at radius 3 is 2.59 bits per heavy atom. The fourth-order valence-electron chi connectivity index (χ4n) is 3.07. The number of amides is 1. The quantitative estimate of drug-likeness (QED) is 0.648. The summed E-state index contributed by atoms with van der Waals surface area (Å²) < 4.78 is 47.3. The Labute approximate surface area is 158 Å². The van der Waals surface area contributed by atoms with Gasteiger partial charge in [-0.1, -0.05) is 6.92 Å². The van der Waals surface area contributed by atoms with Gasteiger partial charge in [-0.25, -0.2) is 17.6 Å². The average molecular weight is 401 g/mol. The summed E-state index contributed by atoms with van der Waals surface area (Å²) in [4.78, 5) is 26.2. The third-order valence-electron chi connectivity index (χ3n) is 4.68. The predicted octanol–water partition coefficient (Wildman–Crippen LogP) is 1.81. The number of benzene rings is 1. The number of hydrogen-bond acceptors (Lipinski definition) is 6. The van der Waals surface area contributed by atoms with Crippen molar-refractivity contribution in [1.82, 2.24) is 4.90 Å². The van der Waals surface area contributed by atoms with Gasteiger partial charge in [0.05, 0.1) is 24.2 Å². The number of rotatable bonds is 7. The van der Waals surface area contributed by atoms with Crippen LogP contribution in [0.4, 0.5) is 4.39 Å². The Balaban J connectivity index is 2.06. The molecule has 1 aromatic rings. The van der Waals surface area contributed by atoms with Crippen LogP contribution in [0.25, 0.3) is 0 Å². The van der Waals surface area contributed by atoms with Crippen molar-refractivity contribution in [3.63, 3.8) is 0 Å². The summed E-state index contributed by atoms with van der Waals surface area (Å²) in [5.41, 5.74) is -0.304. The van der Waals surface area contributed by atoms with Crippen molar-refractivity contribution in [2.45, 2.75) is 38.8 Å². The van der Waals surface area contributed by atoms with Crippen molar-refractivity contribution >= 4 is 21.7 Å². The first-order chi connectivity index (χ1) is 12.7. The highest BCUT2D eigenvalue weighted by Crippen LogP contribution is 2.22. The number of sulfone groups is 1. The van der Waals surface area contributed by atoms with Gasteiger partial charge in [0.25, 0.3) is 5.91 Å². The lowest BCUT2D eigenvalue weighted by atomic mass is 10.1. The molecule has 2 rings (SSSR count). The van der Waals surface area contributed by atoms with Gasteiger partial charge < -0.3 is 14.4 Å². The zero-order valence-corrected chi connectivity index (χ0v) is 16.4. The molecule has 0 bridgehead atoms. The summed E-state index contributed by atoms with van der Waals surface area (Å²) in [6, 6.07) is 3.04. The van der Waals surface area contributed by atoms with Gasteiger partial charge in [-0.05, 0) is 31.9 Å². The maximum atomic E-state index is 13.9. The topological polar surface area (TPSA) is 90.0 Å². The van der Waals surface area contributed by atoms with Crippen molar-refractivity contribution in [1.29, 1.82) is 0 Å². The standard InChI is InChI=1S/C18H24FNO6S/c1-4-12(2)20(13-7-8-27(23,24)11-13)17(21)10-26-18(22)15-6-5-14(25-3)9-16(15)19/h5-6,9,12-13H,4,7-8,10-11H2,1-3H3/t12-,13+/m1/s1. The van der Waals surface area contributed by atoms with E-state index in [2.05, 4.69) is 0 Å². The van der Waals surface area contributed by atoms with E-state index in [4.69, 9.17) is 9.47 Å². The van der Waals surface area contributed by atoms with E-state index in [9.17, 15) is 22.4 Å².